The molecule has 0 aromatic heterocycles. The van der Waals surface area contributed by atoms with Crippen molar-refractivity contribution in [3.05, 3.63) is 30.3 Å². The summed E-state index contributed by atoms with van der Waals surface area (Å²) in [4.78, 5) is 0.398. The van der Waals surface area contributed by atoms with Crippen molar-refractivity contribution >= 4 is 17.9 Å². The van der Waals surface area contributed by atoms with Gasteiger partial charge in [0.1, 0.15) is 0 Å². The zero-order valence-corrected chi connectivity index (χ0v) is 15.9. The lowest BCUT2D eigenvalue weighted by Gasteiger charge is -2.58. The average molecular weight is 341 g/mol. The fourth-order valence-electron chi connectivity index (χ4n) is 3.64. The van der Waals surface area contributed by atoms with Crippen molar-refractivity contribution < 1.29 is 13.5 Å². The number of hydrogen-bond donors (Lipinski definition) is 1. The Morgan fingerprint density at radius 1 is 1.14 bits per heavy atom. The molecule has 2 rings (SSSR count). The van der Waals surface area contributed by atoms with E-state index in [1.807, 2.05) is 6.07 Å². The van der Waals surface area contributed by atoms with Gasteiger partial charge in [0, 0.05) is 0 Å². The van der Waals surface area contributed by atoms with Gasteiger partial charge in [-0.25, -0.2) is 8.42 Å². The van der Waals surface area contributed by atoms with Gasteiger partial charge in [-0.2, -0.15) is 0 Å². The summed E-state index contributed by atoms with van der Waals surface area (Å²) in [6, 6.07) is 8.74. The Bertz CT molecular complexity index is 611. The summed E-state index contributed by atoms with van der Waals surface area (Å²) in [7, 11) is -5.43. The van der Waals surface area contributed by atoms with E-state index in [1.165, 1.54) is 0 Å². The van der Waals surface area contributed by atoms with Crippen LogP contribution in [0.4, 0.5) is 0 Å². The third-order valence-electron chi connectivity index (χ3n) is 5.16. The van der Waals surface area contributed by atoms with Crippen molar-refractivity contribution in [3.8, 4) is 0 Å². The monoisotopic (exact) mass is 340 g/mol. The van der Waals surface area contributed by atoms with Crippen molar-refractivity contribution in [2.24, 2.45) is 0 Å². The fraction of sp³-hybridized carbons (Fsp3) is 0.647. The molecule has 1 aromatic carbocycles. The number of sulfone groups is 1. The van der Waals surface area contributed by atoms with Crippen LogP contribution < -0.4 is 0 Å². The quantitative estimate of drug-likeness (QED) is 0.802. The molecule has 1 fully saturated rings. The topological polar surface area (TPSA) is 54.4 Å². The molecule has 1 N–H and O–H groups in total. The Morgan fingerprint density at radius 2 is 1.68 bits per heavy atom. The first-order chi connectivity index (χ1) is 10.1. The Balaban J connectivity index is 2.39. The third kappa shape index (κ3) is 2.79. The Hall–Kier alpha value is -0.653. The summed E-state index contributed by atoms with van der Waals surface area (Å²) in [6.07, 6.45) is 3.47. The average Bonchev–Trinajstić information content (AvgIpc) is 2.41. The highest BCUT2D eigenvalue weighted by atomic mass is 32.2. The van der Waals surface area contributed by atoms with E-state index in [-0.39, 0.29) is 0 Å². The molecule has 1 aliphatic rings. The van der Waals surface area contributed by atoms with E-state index in [0.29, 0.717) is 24.2 Å². The van der Waals surface area contributed by atoms with Gasteiger partial charge in [0.25, 0.3) is 0 Å². The van der Waals surface area contributed by atoms with Crippen LogP contribution in [-0.2, 0) is 9.84 Å². The van der Waals surface area contributed by atoms with Crippen LogP contribution in [0, 0.1) is 0 Å². The van der Waals surface area contributed by atoms with Crippen LogP contribution in [-0.4, -0.2) is 31.6 Å². The van der Waals surface area contributed by atoms with Crippen LogP contribution >= 0.6 is 0 Å². The Kier molecular flexibility index (Phi) is 4.64. The summed E-state index contributed by atoms with van der Waals surface area (Å²) in [5.74, 6) is 0. The minimum absolute atomic E-state index is 0.396. The molecule has 124 valence electrons. The SMILES string of the molecule is CCCCC1(O)CC([Si](C)(C)C)(S(=O)(=O)c2ccccc2)C1. The molecule has 0 atom stereocenters. The second-order valence-corrected chi connectivity index (χ2v) is 15.8. The highest BCUT2D eigenvalue weighted by Gasteiger charge is 2.66. The normalized spacial score (nSPS) is 29.1. The van der Waals surface area contributed by atoms with Gasteiger partial charge in [0.05, 0.1) is 22.9 Å². The Morgan fingerprint density at radius 3 is 2.14 bits per heavy atom. The number of aliphatic hydroxyl groups is 1. The van der Waals surface area contributed by atoms with E-state index in [9.17, 15) is 13.5 Å². The third-order valence-corrected chi connectivity index (χ3v) is 13.1. The minimum Gasteiger partial charge on any atom is -0.390 e. The zero-order chi connectivity index (χ0) is 16.6. The van der Waals surface area contributed by atoms with Gasteiger partial charge in [-0.1, -0.05) is 57.6 Å². The molecule has 0 amide bonds. The lowest BCUT2D eigenvalue weighted by molar-refractivity contribution is -0.0513. The summed E-state index contributed by atoms with van der Waals surface area (Å²) in [5.41, 5.74) is -0.794. The molecule has 3 nitrogen and oxygen atoms in total. The molecular weight excluding hydrogens is 312 g/mol. The Labute approximate surface area is 135 Å². The van der Waals surface area contributed by atoms with Gasteiger partial charge < -0.3 is 5.11 Å². The number of benzene rings is 1. The molecular formula is C17H28O3SSi. The van der Waals surface area contributed by atoms with Crippen LogP contribution in [0.3, 0.4) is 0 Å². The highest BCUT2D eigenvalue weighted by molar-refractivity contribution is 7.95. The van der Waals surface area contributed by atoms with Crippen LogP contribution in [0.2, 0.25) is 19.6 Å². The van der Waals surface area contributed by atoms with Gasteiger partial charge in [-0.3, -0.25) is 0 Å². The summed E-state index contributed by atoms with van der Waals surface area (Å²) < 4.78 is 25.8. The number of hydrogen-bond acceptors (Lipinski definition) is 3. The van der Waals surface area contributed by atoms with Crippen molar-refractivity contribution in [2.75, 3.05) is 0 Å². The molecule has 5 heteroatoms. The molecule has 0 unspecified atom stereocenters. The predicted molar refractivity (Wildman–Crippen MR) is 93.4 cm³/mol. The lowest BCUT2D eigenvalue weighted by Crippen LogP contribution is -2.71. The fourth-order valence-corrected chi connectivity index (χ4v) is 10.8. The molecule has 22 heavy (non-hydrogen) atoms. The molecule has 0 heterocycles. The maximum atomic E-state index is 13.3. The van der Waals surface area contributed by atoms with E-state index >= 15 is 0 Å². The second-order valence-electron chi connectivity index (χ2n) is 7.74. The molecule has 1 saturated carbocycles. The molecule has 0 bridgehead atoms. The van der Waals surface area contributed by atoms with Crippen molar-refractivity contribution in [1.29, 1.82) is 0 Å². The number of unbranched alkanes of at least 4 members (excludes halogenated alkanes) is 1. The van der Waals surface area contributed by atoms with Gasteiger partial charge in [0.2, 0.25) is 0 Å². The minimum atomic E-state index is -3.42. The van der Waals surface area contributed by atoms with Crippen LogP contribution in [0.5, 0.6) is 0 Å². The zero-order valence-electron chi connectivity index (χ0n) is 14.1. The van der Waals surface area contributed by atoms with E-state index in [2.05, 4.69) is 26.6 Å². The van der Waals surface area contributed by atoms with E-state index in [1.54, 1.807) is 24.3 Å². The summed E-state index contributed by atoms with van der Waals surface area (Å²) in [6.45, 7) is 8.40. The summed E-state index contributed by atoms with van der Waals surface area (Å²) in [5, 5.41) is 10.7. The van der Waals surface area contributed by atoms with E-state index < -0.39 is 27.9 Å². The van der Waals surface area contributed by atoms with Gasteiger partial charge in [-0.15, -0.1) is 0 Å². The summed E-state index contributed by atoms with van der Waals surface area (Å²) >= 11 is 0. The van der Waals surface area contributed by atoms with Gasteiger partial charge in [0.15, 0.2) is 9.84 Å². The molecule has 0 radical (unpaired) electrons. The van der Waals surface area contributed by atoms with Gasteiger partial charge >= 0.3 is 0 Å². The second kappa shape index (κ2) is 5.76. The van der Waals surface area contributed by atoms with Crippen molar-refractivity contribution in [2.45, 2.75) is 73.5 Å². The number of rotatable bonds is 6. The first-order valence-electron chi connectivity index (χ1n) is 8.10. The predicted octanol–water partition coefficient (Wildman–Crippen LogP) is 3.79. The highest BCUT2D eigenvalue weighted by Crippen LogP contribution is 2.55. The standard InChI is InChI=1S/C17H28O3SSi/c1-5-6-12-16(18)13-17(14-16,22(2,3)4)21(19,20)15-10-8-7-9-11-15/h7-11,18H,5-6,12-14H2,1-4H3. The van der Waals surface area contributed by atoms with Crippen LogP contribution in [0.15, 0.2) is 35.2 Å². The van der Waals surface area contributed by atoms with E-state index in [4.69, 9.17) is 0 Å². The molecule has 0 aliphatic heterocycles. The van der Waals surface area contributed by atoms with Crippen molar-refractivity contribution in [1.82, 2.24) is 0 Å². The lowest BCUT2D eigenvalue weighted by atomic mass is 9.75. The molecule has 0 spiro atoms. The van der Waals surface area contributed by atoms with E-state index in [0.717, 1.165) is 12.8 Å². The maximum absolute atomic E-state index is 13.3. The molecule has 1 aliphatic carbocycles. The molecule has 1 aromatic rings. The first-order valence-corrected chi connectivity index (χ1v) is 13.1. The maximum Gasteiger partial charge on any atom is 0.181 e. The molecule has 0 saturated heterocycles. The van der Waals surface area contributed by atoms with Crippen molar-refractivity contribution in [3.63, 3.8) is 0 Å². The van der Waals surface area contributed by atoms with Crippen LogP contribution in [0.1, 0.15) is 39.0 Å². The largest absolute Gasteiger partial charge is 0.390 e. The smallest absolute Gasteiger partial charge is 0.181 e. The first kappa shape index (κ1) is 17.7. The van der Waals surface area contributed by atoms with Gasteiger partial charge in [-0.05, 0) is 31.4 Å². The van der Waals surface area contributed by atoms with Crippen LogP contribution in [0.25, 0.3) is 0 Å².